The van der Waals surface area contributed by atoms with Gasteiger partial charge in [-0.1, -0.05) is 12.1 Å². The fraction of sp³-hybridized carbons (Fsp3) is 0.235. The summed E-state index contributed by atoms with van der Waals surface area (Å²) in [7, 11) is 7.23. The molecule has 13 heteroatoms. The smallest absolute Gasteiger partial charge is 0.260 e. The zero-order valence-corrected chi connectivity index (χ0v) is 29.3. The first kappa shape index (κ1) is 29.2. The highest BCUT2D eigenvalue weighted by Gasteiger charge is 2.48. The molecule has 0 saturated carbocycles. The SMILES string of the molecule is CCn1c2cc(C3=C4C(=O)N(C)C(c5cccs5)=C4C(O)N3C)sc2c2sc(C3=C4C(=O)N(C)C(c5cccs5)=C4C(O)N3C)cc21. The van der Waals surface area contributed by atoms with E-state index in [2.05, 4.69) is 23.6 Å². The molecule has 2 amide bonds. The van der Waals surface area contributed by atoms with E-state index in [1.165, 1.54) is 0 Å². The molecule has 2 atom stereocenters. The highest BCUT2D eigenvalue weighted by molar-refractivity contribution is 7.28. The molecule has 0 spiro atoms. The molecule has 2 unspecified atom stereocenters. The largest absolute Gasteiger partial charge is 0.369 e. The average Bonchev–Trinajstić information content (AvgIpc) is 3.90. The fourth-order valence-electron chi connectivity index (χ4n) is 7.52. The first-order valence-electron chi connectivity index (χ1n) is 15.1. The van der Waals surface area contributed by atoms with Crippen LogP contribution in [0.5, 0.6) is 0 Å². The third-order valence-corrected chi connectivity index (χ3v) is 13.9. The van der Waals surface area contributed by atoms with Gasteiger partial charge in [0.05, 0.1) is 73.9 Å². The molecule has 9 nitrogen and oxygen atoms in total. The molecule has 0 aromatic carbocycles. The average molecular weight is 700 g/mol. The van der Waals surface area contributed by atoms with Gasteiger partial charge in [0.25, 0.3) is 11.8 Å². The van der Waals surface area contributed by atoms with E-state index in [4.69, 9.17) is 0 Å². The van der Waals surface area contributed by atoms with Crippen LogP contribution >= 0.6 is 45.3 Å². The lowest BCUT2D eigenvalue weighted by atomic mass is 10.1. The predicted molar refractivity (Wildman–Crippen MR) is 190 cm³/mol. The Morgan fingerprint density at radius 2 is 1.09 bits per heavy atom. The summed E-state index contributed by atoms with van der Waals surface area (Å²) in [5.74, 6) is -0.231. The van der Waals surface area contributed by atoms with Gasteiger partial charge >= 0.3 is 0 Å². The Labute approximate surface area is 286 Å². The Bertz CT molecular complexity index is 2170. The summed E-state index contributed by atoms with van der Waals surface area (Å²) in [6.45, 7) is 2.84. The van der Waals surface area contributed by atoms with Gasteiger partial charge in [-0.05, 0) is 41.9 Å². The van der Waals surface area contributed by atoms with E-state index in [0.717, 1.165) is 69.3 Å². The molecule has 4 aliphatic heterocycles. The number of carbonyl (C=O) groups excluding carboxylic acids is 2. The molecule has 5 aromatic rings. The number of rotatable bonds is 5. The molecular formula is C34H29N5O4S4. The number of hydrogen-bond acceptors (Lipinski definition) is 10. The van der Waals surface area contributed by atoms with Crippen LogP contribution in [0.15, 0.2) is 69.5 Å². The number of aryl methyl sites for hydroxylation is 1. The molecule has 5 aromatic heterocycles. The fourth-order valence-corrected chi connectivity index (χ4v) is 11.8. The molecule has 0 radical (unpaired) electrons. The molecule has 9 rings (SSSR count). The summed E-state index contributed by atoms with van der Waals surface area (Å²) >= 11 is 6.34. The predicted octanol–water partition coefficient (Wildman–Crippen LogP) is 5.78. The standard InChI is InChI=1S/C34H29N5O4S4/c1-6-39-15-13-19(27-23-21(31(40)37(27)4)25(35(2)33(23)42)17-9-7-11-44-17)46-29(15)30-16(39)14-20(47-30)28-24-22(32(41)38(28)5)26(36(3)34(24)43)18-10-8-12-45-18/h7-14,31-32,40-41H,6H2,1-5H3. The number of likely N-dealkylation sites (N-methyl/N-ethyl adjacent to an activating group) is 4. The second-order valence-electron chi connectivity index (χ2n) is 12.0. The van der Waals surface area contributed by atoms with Crippen molar-refractivity contribution in [2.24, 2.45) is 0 Å². The van der Waals surface area contributed by atoms with Gasteiger partial charge in [-0.3, -0.25) is 9.59 Å². The molecule has 9 heterocycles. The van der Waals surface area contributed by atoms with Gasteiger partial charge in [0.15, 0.2) is 12.5 Å². The highest BCUT2D eigenvalue weighted by atomic mass is 32.1. The maximum absolute atomic E-state index is 13.7. The lowest BCUT2D eigenvalue weighted by Gasteiger charge is -2.23. The van der Waals surface area contributed by atoms with E-state index >= 15 is 0 Å². The molecular weight excluding hydrogens is 671 g/mol. The Morgan fingerprint density at radius 1 is 0.660 bits per heavy atom. The molecule has 0 fully saturated rings. The van der Waals surface area contributed by atoms with Crippen molar-refractivity contribution < 1.29 is 19.8 Å². The van der Waals surface area contributed by atoms with Crippen LogP contribution in [-0.4, -0.2) is 86.8 Å². The third-order valence-electron chi connectivity index (χ3n) is 9.69. The number of amides is 2. The van der Waals surface area contributed by atoms with Crippen molar-refractivity contribution in [1.82, 2.24) is 24.2 Å². The topological polar surface area (TPSA) is 92.5 Å². The van der Waals surface area contributed by atoms with Crippen LogP contribution in [0.1, 0.15) is 26.4 Å². The number of carbonyl (C=O) groups is 2. The van der Waals surface area contributed by atoms with Crippen molar-refractivity contribution in [3.05, 3.63) is 89.0 Å². The molecule has 2 N–H and O–H groups in total. The van der Waals surface area contributed by atoms with E-state index in [9.17, 15) is 19.8 Å². The van der Waals surface area contributed by atoms with Crippen LogP contribution in [0.4, 0.5) is 0 Å². The first-order chi connectivity index (χ1) is 22.6. The number of nitrogens with zero attached hydrogens (tertiary/aromatic N) is 5. The quantitative estimate of drug-likeness (QED) is 0.242. The third kappa shape index (κ3) is 3.64. The van der Waals surface area contributed by atoms with Gasteiger partial charge in [0.1, 0.15) is 0 Å². The normalized spacial score (nSPS) is 21.6. The van der Waals surface area contributed by atoms with Crippen LogP contribution < -0.4 is 0 Å². The summed E-state index contributed by atoms with van der Waals surface area (Å²) in [6.07, 6.45) is -1.87. The van der Waals surface area contributed by atoms with Gasteiger partial charge in [-0.15, -0.1) is 45.3 Å². The number of aliphatic hydroxyl groups is 2. The van der Waals surface area contributed by atoms with Crippen LogP contribution in [0.25, 0.3) is 43.2 Å². The zero-order chi connectivity index (χ0) is 32.6. The summed E-state index contributed by atoms with van der Waals surface area (Å²) in [5, 5.41) is 26.9. The van der Waals surface area contributed by atoms with Gasteiger partial charge in [-0.2, -0.15) is 0 Å². The van der Waals surface area contributed by atoms with Gasteiger partial charge < -0.3 is 34.4 Å². The Morgan fingerprint density at radius 3 is 1.45 bits per heavy atom. The van der Waals surface area contributed by atoms with Crippen molar-refractivity contribution in [1.29, 1.82) is 0 Å². The van der Waals surface area contributed by atoms with Crippen LogP contribution in [0, 0.1) is 0 Å². The van der Waals surface area contributed by atoms with Crippen molar-refractivity contribution >= 4 is 100 Å². The highest BCUT2D eigenvalue weighted by Crippen LogP contribution is 2.53. The minimum atomic E-state index is -0.935. The van der Waals surface area contributed by atoms with Crippen molar-refractivity contribution in [3.8, 4) is 0 Å². The number of hydrogen-bond donors (Lipinski definition) is 2. The molecule has 238 valence electrons. The van der Waals surface area contributed by atoms with E-state index < -0.39 is 12.5 Å². The molecule has 0 bridgehead atoms. The molecule has 0 saturated heterocycles. The molecule has 0 aliphatic carbocycles. The summed E-state index contributed by atoms with van der Waals surface area (Å²) in [5.41, 5.74) is 7.57. The first-order valence-corrected chi connectivity index (χ1v) is 18.5. The maximum Gasteiger partial charge on any atom is 0.260 e. The second kappa shape index (κ2) is 10.0. The Kier molecular flexibility index (Phi) is 6.22. The summed E-state index contributed by atoms with van der Waals surface area (Å²) in [6, 6.07) is 12.1. The van der Waals surface area contributed by atoms with Crippen LogP contribution in [-0.2, 0) is 16.1 Å². The monoisotopic (exact) mass is 699 g/mol. The van der Waals surface area contributed by atoms with E-state index in [0.29, 0.717) is 22.3 Å². The lowest BCUT2D eigenvalue weighted by molar-refractivity contribution is -0.122. The van der Waals surface area contributed by atoms with E-state index in [1.807, 2.05) is 58.9 Å². The van der Waals surface area contributed by atoms with Crippen LogP contribution in [0.3, 0.4) is 0 Å². The zero-order valence-electron chi connectivity index (χ0n) is 26.1. The Balaban J connectivity index is 1.22. The molecule has 47 heavy (non-hydrogen) atoms. The van der Waals surface area contributed by atoms with Gasteiger partial charge in [-0.25, -0.2) is 0 Å². The van der Waals surface area contributed by atoms with Crippen molar-refractivity contribution in [2.45, 2.75) is 25.9 Å². The molecule has 4 aliphatic rings. The number of aromatic nitrogens is 1. The van der Waals surface area contributed by atoms with Gasteiger partial charge in [0.2, 0.25) is 0 Å². The minimum absolute atomic E-state index is 0.116. The van der Waals surface area contributed by atoms with Crippen LogP contribution in [0.2, 0.25) is 0 Å². The lowest BCUT2D eigenvalue weighted by Crippen LogP contribution is -2.28. The van der Waals surface area contributed by atoms with Gasteiger partial charge in [0, 0.05) is 45.9 Å². The van der Waals surface area contributed by atoms with E-state index in [-0.39, 0.29) is 11.8 Å². The number of thiophene rings is 4. The number of fused-ring (bicyclic) bond motifs is 5. The summed E-state index contributed by atoms with van der Waals surface area (Å²) in [4.78, 5) is 38.1. The maximum atomic E-state index is 13.7. The van der Waals surface area contributed by atoms with Crippen molar-refractivity contribution in [2.75, 3.05) is 28.2 Å². The second-order valence-corrected chi connectivity index (χ2v) is 16.0. The summed E-state index contributed by atoms with van der Waals surface area (Å²) < 4.78 is 4.45. The minimum Gasteiger partial charge on any atom is -0.369 e. The van der Waals surface area contributed by atoms with E-state index in [1.54, 1.807) is 69.2 Å². The van der Waals surface area contributed by atoms with Crippen molar-refractivity contribution in [3.63, 3.8) is 0 Å². The Hall–Kier alpha value is -3.98. The number of aliphatic hydroxyl groups excluding tert-OH is 2.